The third-order valence-electron chi connectivity index (χ3n) is 3.49. The average Bonchev–Trinajstić information content (AvgIpc) is 2.53. The largest absolute Gasteiger partial charge is 0.378 e. The van der Waals surface area contributed by atoms with Gasteiger partial charge in [-0.3, -0.25) is 4.79 Å². The number of carbonyl (C=O) groups excluding carboxylic acids is 1. The summed E-state index contributed by atoms with van der Waals surface area (Å²) in [6.45, 7) is 11.7. The summed E-state index contributed by atoms with van der Waals surface area (Å²) in [6.07, 6.45) is -1.29. The Morgan fingerprint density at radius 2 is 1.64 bits per heavy atom. The van der Waals surface area contributed by atoms with E-state index < -0.39 is 11.8 Å². The minimum absolute atomic E-state index is 0.0579. The van der Waals surface area contributed by atoms with Gasteiger partial charge in [0, 0.05) is 17.8 Å². The number of alkyl halides is 1. The standard InChI is InChI=1S/C17H35FN2O4S/c1-13(2)16(21)20-12-15(18)17(4,5)24-11-10-23-9-8-22-7-6-19-14(3)25/h13-15,19,25H,6-12H2,1-5H3,(H,20,21). The highest BCUT2D eigenvalue weighted by Gasteiger charge is 2.30. The van der Waals surface area contributed by atoms with E-state index in [0.29, 0.717) is 26.4 Å². The molecule has 0 radical (unpaired) electrons. The third-order valence-corrected chi connectivity index (χ3v) is 3.68. The fraction of sp³-hybridized carbons (Fsp3) is 0.941. The Balaban J connectivity index is 3.66. The second kappa shape index (κ2) is 13.7. The number of thiol groups is 1. The van der Waals surface area contributed by atoms with Crippen LogP contribution in [0, 0.1) is 5.92 Å². The van der Waals surface area contributed by atoms with E-state index >= 15 is 0 Å². The zero-order valence-corrected chi connectivity index (χ0v) is 17.0. The van der Waals surface area contributed by atoms with E-state index in [9.17, 15) is 9.18 Å². The number of amides is 1. The molecule has 0 saturated carbocycles. The van der Waals surface area contributed by atoms with E-state index in [0.717, 1.165) is 6.54 Å². The maximum absolute atomic E-state index is 14.2. The van der Waals surface area contributed by atoms with Crippen LogP contribution in [-0.4, -0.2) is 69.2 Å². The first kappa shape index (κ1) is 24.6. The van der Waals surface area contributed by atoms with Gasteiger partial charge in [-0.15, -0.1) is 0 Å². The van der Waals surface area contributed by atoms with Gasteiger partial charge in [0.05, 0.1) is 45.2 Å². The molecule has 0 aliphatic heterocycles. The Morgan fingerprint density at radius 3 is 2.20 bits per heavy atom. The van der Waals surface area contributed by atoms with Crippen molar-refractivity contribution in [3.05, 3.63) is 0 Å². The van der Waals surface area contributed by atoms with Crippen LogP contribution >= 0.6 is 12.6 Å². The Labute approximate surface area is 157 Å². The van der Waals surface area contributed by atoms with Crippen LogP contribution in [0.15, 0.2) is 0 Å². The fourth-order valence-electron chi connectivity index (χ4n) is 1.76. The maximum Gasteiger partial charge on any atom is 0.222 e. The molecule has 0 aromatic rings. The second-order valence-electron chi connectivity index (χ2n) is 6.67. The smallest absolute Gasteiger partial charge is 0.222 e. The monoisotopic (exact) mass is 382 g/mol. The molecule has 0 spiro atoms. The minimum atomic E-state index is -1.29. The highest BCUT2D eigenvalue weighted by atomic mass is 32.1. The van der Waals surface area contributed by atoms with Crippen molar-refractivity contribution in [2.75, 3.05) is 46.1 Å². The predicted octanol–water partition coefficient (Wildman–Crippen LogP) is 1.79. The summed E-state index contributed by atoms with van der Waals surface area (Å²) in [5.74, 6) is -0.329. The Bertz CT molecular complexity index is 358. The second-order valence-corrected chi connectivity index (χ2v) is 7.45. The molecule has 2 N–H and O–H groups in total. The molecule has 0 heterocycles. The van der Waals surface area contributed by atoms with E-state index in [2.05, 4.69) is 23.3 Å². The molecule has 1 amide bonds. The minimum Gasteiger partial charge on any atom is -0.378 e. The summed E-state index contributed by atoms with van der Waals surface area (Å²) in [5.41, 5.74) is -0.987. The van der Waals surface area contributed by atoms with Crippen molar-refractivity contribution in [3.8, 4) is 0 Å². The Kier molecular flexibility index (Phi) is 13.5. The van der Waals surface area contributed by atoms with Crippen LogP contribution in [0.5, 0.6) is 0 Å². The molecule has 0 saturated heterocycles. The topological polar surface area (TPSA) is 68.8 Å². The van der Waals surface area contributed by atoms with Crippen molar-refractivity contribution in [3.63, 3.8) is 0 Å². The average molecular weight is 383 g/mol. The molecule has 2 unspecified atom stereocenters. The normalized spacial score (nSPS) is 14.6. The van der Waals surface area contributed by atoms with Crippen molar-refractivity contribution in [2.45, 2.75) is 51.8 Å². The van der Waals surface area contributed by atoms with E-state index in [1.54, 1.807) is 27.7 Å². The lowest BCUT2D eigenvalue weighted by atomic mass is 10.0. The maximum atomic E-state index is 14.2. The summed E-state index contributed by atoms with van der Waals surface area (Å²) >= 11 is 4.20. The number of hydrogen-bond donors (Lipinski definition) is 3. The number of carbonyl (C=O) groups is 1. The molecule has 0 aromatic carbocycles. The van der Waals surface area contributed by atoms with Crippen LogP contribution < -0.4 is 10.6 Å². The summed E-state index contributed by atoms with van der Waals surface area (Å²) in [6, 6.07) is 0. The molecule has 0 aliphatic carbocycles. The van der Waals surface area contributed by atoms with Gasteiger partial charge in [0.1, 0.15) is 6.17 Å². The summed E-state index contributed by atoms with van der Waals surface area (Å²) in [7, 11) is 0. The molecule has 0 rings (SSSR count). The fourth-order valence-corrected chi connectivity index (χ4v) is 1.89. The predicted molar refractivity (Wildman–Crippen MR) is 101 cm³/mol. The van der Waals surface area contributed by atoms with Crippen LogP contribution in [-0.2, 0) is 19.0 Å². The van der Waals surface area contributed by atoms with E-state index in [-0.39, 0.29) is 30.4 Å². The molecule has 25 heavy (non-hydrogen) atoms. The van der Waals surface area contributed by atoms with Crippen molar-refractivity contribution >= 4 is 18.5 Å². The van der Waals surface area contributed by atoms with E-state index in [1.807, 2.05) is 6.92 Å². The van der Waals surface area contributed by atoms with E-state index in [4.69, 9.17) is 14.2 Å². The lowest BCUT2D eigenvalue weighted by Crippen LogP contribution is -2.45. The highest BCUT2D eigenvalue weighted by Crippen LogP contribution is 2.17. The zero-order valence-electron chi connectivity index (χ0n) is 16.1. The summed E-state index contributed by atoms with van der Waals surface area (Å²) in [4.78, 5) is 11.5. The quantitative estimate of drug-likeness (QED) is 0.229. The number of nitrogens with one attached hydrogen (secondary N) is 2. The molecular weight excluding hydrogens is 347 g/mol. The van der Waals surface area contributed by atoms with Crippen LogP contribution in [0.3, 0.4) is 0 Å². The molecule has 2 atom stereocenters. The van der Waals surface area contributed by atoms with Crippen LogP contribution in [0.2, 0.25) is 0 Å². The third kappa shape index (κ3) is 13.5. The van der Waals surface area contributed by atoms with Gasteiger partial charge >= 0.3 is 0 Å². The lowest BCUT2D eigenvalue weighted by Gasteiger charge is -2.29. The molecule has 0 aliphatic rings. The van der Waals surface area contributed by atoms with Gasteiger partial charge in [-0.25, -0.2) is 4.39 Å². The van der Waals surface area contributed by atoms with Crippen LogP contribution in [0.4, 0.5) is 4.39 Å². The number of ether oxygens (including phenoxy) is 3. The molecule has 0 bridgehead atoms. The molecular formula is C17H35FN2O4S. The lowest BCUT2D eigenvalue weighted by molar-refractivity contribution is -0.125. The van der Waals surface area contributed by atoms with Crippen LogP contribution in [0.1, 0.15) is 34.6 Å². The number of rotatable bonds is 15. The zero-order chi connectivity index (χ0) is 19.3. The Morgan fingerprint density at radius 1 is 1.08 bits per heavy atom. The SMILES string of the molecule is CC(S)NCCOCCOCCOC(C)(C)C(F)CNC(=O)C(C)C. The van der Waals surface area contributed by atoms with Crippen LogP contribution in [0.25, 0.3) is 0 Å². The van der Waals surface area contributed by atoms with Crippen molar-refractivity contribution in [1.29, 1.82) is 0 Å². The first-order valence-corrected chi connectivity index (χ1v) is 9.31. The molecule has 0 aromatic heterocycles. The summed E-state index contributed by atoms with van der Waals surface area (Å²) < 4.78 is 30.5. The highest BCUT2D eigenvalue weighted by molar-refractivity contribution is 7.80. The summed E-state index contributed by atoms with van der Waals surface area (Å²) in [5, 5.41) is 5.85. The van der Waals surface area contributed by atoms with Gasteiger partial charge < -0.3 is 24.8 Å². The van der Waals surface area contributed by atoms with Crippen molar-refractivity contribution in [1.82, 2.24) is 10.6 Å². The van der Waals surface area contributed by atoms with Gasteiger partial charge in [-0.1, -0.05) is 13.8 Å². The molecule has 0 fully saturated rings. The van der Waals surface area contributed by atoms with Gasteiger partial charge in [0.25, 0.3) is 0 Å². The molecule has 8 heteroatoms. The van der Waals surface area contributed by atoms with Crippen molar-refractivity contribution in [2.24, 2.45) is 5.92 Å². The van der Waals surface area contributed by atoms with Gasteiger partial charge in [0.2, 0.25) is 5.91 Å². The van der Waals surface area contributed by atoms with Gasteiger partial charge in [-0.05, 0) is 20.8 Å². The molecule has 6 nitrogen and oxygen atoms in total. The first-order chi connectivity index (χ1) is 11.7. The number of halogens is 1. The van der Waals surface area contributed by atoms with E-state index in [1.165, 1.54) is 0 Å². The van der Waals surface area contributed by atoms with Gasteiger partial charge in [0.15, 0.2) is 0 Å². The Hall–Kier alpha value is -0.410. The van der Waals surface area contributed by atoms with Gasteiger partial charge in [-0.2, -0.15) is 12.6 Å². The van der Waals surface area contributed by atoms with Crippen molar-refractivity contribution < 1.29 is 23.4 Å². The molecule has 150 valence electrons. The number of hydrogen-bond acceptors (Lipinski definition) is 6. The first-order valence-electron chi connectivity index (χ1n) is 8.79.